The van der Waals surface area contributed by atoms with Crippen LogP contribution in [0.3, 0.4) is 0 Å². The maximum atomic E-state index is 3.72. The van der Waals surface area contributed by atoms with Gasteiger partial charge in [0.05, 0.1) is 6.04 Å². The molecule has 21 heavy (non-hydrogen) atoms. The van der Waals surface area contributed by atoms with Crippen molar-refractivity contribution in [2.75, 3.05) is 6.54 Å². The molecule has 2 aromatic carbocycles. The van der Waals surface area contributed by atoms with Crippen LogP contribution in [-0.4, -0.2) is 6.54 Å². The van der Waals surface area contributed by atoms with Crippen molar-refractivity contribution in [2.24, 2.45) is 0 Å². The number of hydrogen-bond donors (Lipinski definition) is 1. The fraction of sp³-hybridized carbons (Fsp3) is 0.368. The van der Waals surface area contributed by atoms with E-state index in [1.54, 1.807) is 0 Å². The first-order valence-corrected chi connectivity index (χ1v) is 8.38. The molecule has 0 saturated heterocycles. The van der Waals surface area contributed by atoms with Crippen molar-refractivity contribution in [3.05, 3.63) is 68.7 Å². The van der Waals surface area contributed by atoms with Gasteiger partial charge in [0.15, 0.2) is 0 Å². The Morgan fingerprint density at radius 2 is 1.62 bits per heavy atom. The molecular formula is C19H24BrN. The van der Waals surface area contributed by atoms with Crippen molar-refractivity contribution >= 4 is 15.9 Å². The van der Waals surface area contributed by atoms with Crippen LogP contribution >= 0.6 is 15.9 Å². The van der Waals surface area contributed by atoms with Crippen molar-refractivity contribution in [1.29, 1.82) is 0 Å². The molecule has 0 saturated carbocycles. The monoisotopic (exact) mass is 345 g/mol. The Morgan fingerprint density at radius 3 is 2.29 bits per heavy atom. The third-order valence-electron chi connectivity index (χ3n) is 3.80. The van der Waals surface area contributed by atoms with Gasteiger partial charge in [-0.1, -0.05) is 64.3 Å². The summed E-state index contributed by atoms with van der Waals surface area (Å²) in [6, 6.07) is 13.5. The molecule has 0 bridgehead atoms. The fourth-order valence-corrected chi connectivity index (χ4v) is 3.19. The predicted octanol–water partition coefficient (Wildman–Crippen LogP) is 5.46. The second-order valence-corrected chi connectivity index (χ2v) is 6.63. The van der Waals surface area contributed by atoms with Crippen molar-refractivity contribution in [2.45, 2.75) is 40.2 Å². The van der Waals surface area contributed by atoms with E-state index in [0.29, 0.717) is 0 Å². The average Bonchev–Trinajstić information content (AvgIpc) is 2.44. The first-order valence-electron chi connectivity index (χ1n) is 7.59. The summed E-state index contributed by atoms with van der Waals surface area (Å²) in [6.45, 7) is 9.71. The van der Waals surface area contributed by atoms with E-state index in [4.69, 9.17) is 0 Å². The topological polar surface area (TPSA) is 12.0 Å². The van der Waals surface area contributed by atoms with Crippen LogP contribution < -0.4 is 5.32 Å². The number of rotatable bonds is 5. The highest BCUT2D eigenvalue weighted by atomic mass is 79.9. The summed E-state index contributed by atoms with van der Waals surface area (Å²) in [7, 11) is 0. The molecule has 1 N–H and O–H groups in total. The van der Waals surface area contributed by atoms with Crippen LogP contribution in [-0.2, 0) is 0 Å². The highest BCUT2D eigenvalue weighted by Gasteiger charge is 2.18. The molecule has 2 heteroatoms. The van der Waals surface area contributed by atoms with Crippen LogP contribution in [0.25, 0.3) is 0 Å². The summed E-state index contributed by atoms with van der Waals surface area (Å²) in [4.78, 5) is 0. The lowest BCUT2D eigenvalue weighted by molar-refractivity contribution is 0.594. The third kappa shape index (κ3) is 3.96. The van der Waals surface area contributed by atoms with Crippen molar-refractivity contribution in [3.63, 3.8) is 0 Å². The molecule has 2 rings (SSSR count). The van der Waals surface area contributed by atoms with Crippen molar-refractivity contribution < 1.29 is 0 Å². The molecule has 0 aliphatic heterocycles. The van der Waals surface area contributed by atoms with E-state index in [9.17, 15) is 0 Å². The number of hydrogen-bond acceptors (Lipinski definition) is 1. The average molecular weight is 346 g/mol. The quantitative estimate of drug-likeness (QED) is 0.758. The lowest BCUT2D eigenvalue weighted by Gasteiger charge is -2.23. The van der Waals surface area contributed by atoms with Gasteiger partial charge in [0.25, 0.3) is 0 Å². The van der Waals surface area contributed by atoms with Crippen LogP contribution in [0.15, 0.2) is 40.9 Å². The van der Waals surface area contributed by atoms with Crippen molar-refractivity contribution in [3.8, 4) is 0 Å². The van der Waals surface area contributed by atoms with Crippen LogP contribution in [0.1, 0.15) is 47.2 Å². The minimum Gasteiger partial charge on any atom is -0.306 e. The maximum absolute atomic E-state index is 3.72. The molecule has 0 radical (unpaired) electrons. The Hall–Kier alpha value is -1.12. The van der Waals surface area contributed by atoms with Crippen molar-refractivity contribution in [1.82, 2.24) is 5.32 Å². The Labute approximate surface area is 136 Å². The number of aryl methyl sites for hydroxylation is 3. The third-order valence-corrected chi connectivity index (χ3v) is 4.52. The highest BCUT2D eigenvalue weighted by molar-refractivity contribution is 9.10. The molecule has 0 aliphatic rings. The van der Waals surface area contributed by atoms with E-state index < -0.39 is 0 Å². The highest BCUT2D eigenvalue weighted by Crippen LogP contribution is 2.31. The summed E-state index contributed by atoms with van der Waals surface area (Å²) in [5.74, 6) is 0. The van der Waals surface area contributed by atoms with Gasteiger partial charge in [-0.2, -0.15) is 0 Å². The van der Waals surface area contributed by atoms with E-state index in [2.05, 4.69) is 85.3 Å². The molecule has 2 aromatic rings. The van der Waals surface area contributed by atoms with E-state index in [1.807, 2.05) is 0 Å². The van der Waals surface area contributed by atoms with Gasteiger partial charge in [0, 0.05) is 4.47 Å². The Balaban J connectivity index is 2.49. The van der Waals surface area contributed by atoms with Crippen LogP contribution in [0.5, 0.6) is 0 Å². The molecule has 0 spiro atoms. The Morgan fingerprint density at radius 1 is 0.952 bits per heavy atom. The number of nitrogens with one attached hydrogen (secondary N) is 1. The molecule has 0 aromatic heterocycles. The van der Waals surface area contributed by atoms with E-state index in [0.717, 1.165) is 13.0 Å². The molecular weight excluding hydrogens is 322 g/mol. The van der Waals surface area contributed by atoms with Gasteiger partial charge < -0.3 is 5.32 Å². The van der Waals surface area contributed by atoms with Crippen LogP contribution in [0.4, 0.5) is 0 Å². The summed E-state index contributed by atoms with van der Waals surface area (Å²) < 4.78 is 1.17. The van der Waals surface area contributed by atoms with Crippen LogP contribution in [0, 0.1) is 20.8 Å². The minimum atomic E-state index is 0.236. The van der Waals surface area contributed by atoms with Gasteiger partial charge in [0.2, 0.25) is 0 Å². The molecule has 0 aliphatic carbocycles. The lowest BCUT2D eigenvalue weighted by atomic mass is 9.93. The van der Waals surface area contributed by atoms with Gasteiger partial charge in [-0.25, -0.2) is 0 Å². The molecule has 0 heterocycles. The fourth-order valence-electron chi connectivity index (χ4n) is 2.71. The Kier molecular flexibility index (Phi) is 5.60. The van der Waals surface area contributed by atoms with Gasteiger partial charge in [-0.05, 0) is 56.5 Å². The number of halogens is 1. The maximum Gasteiger partial charge on any atom is 0.0590 e. The van der Waals surface area contributed by atoms with Gasteiger partial charge in [0.1, 0.15) is 0 Å². The molecule has 1 unspecified atom stereocenters. The van der Waals surface area contributed by atoms with Crippen LogP contribution in [0.2, 0.25) is 0 Å². The second kappa shape index (κ2) is 7.24. The predicted molar refractivity (Wildman–Crippen MR) is 94.9 cm³/mol. The summed E-state index contributed by atoms with van der Waals surface area (Å²) in [5, 5.41) is 3.70. The number of benzene rings is 2. The molecule has 1 nitrogen and oxygen atoms in total. The molecule has 112 valence electrons. The van der Waals surface area contributed by atoms with E-state index in [1.165, 1.54) is 32.3 Å². The zero-order valence-corrected chi connectivity index (χ0v) is 14.9. The summed E-state index contributed by atoms with van der Waals surface area (Å²) >= 11 is 3.72. The minimum absolute atomic E-state index is 0.236. The van der Waals surface area contributed by atoms with E-state index in [-0.39, 0.29) is 6.04 Å². The largest absolute Gasteiger partial charge is 0.306 e. The first-order chi connectivity index (χ1) is 10.0. The Bertz CT molecular complexity index is 619. The smallest absolute Gasteiger partial charge is 0.0590 e. The van der Waals surface area contributed by atoms with E-state index >= 15 is 0 Å². The summed E-state index contributed by atoms with van der Waals surface area (Å²) in [6.07, 6.45) is 1.13. The zero-order valence-electron chi connectivity index (χ0n) is 13.3. The van der Waals surface area contributed by atoms with Gasteiger partial charge in [-0.15, -0.1) is 0 Å². The molecule has 0 fully saturated rings. The molecule has 1 atom stereocenters. The molecule has 0 amide bonds. The SMILES string of the molecule is CCCNC(c1ccc(C)cc1C)c1cc(C)ccc1Br. The normalized spacial score (nSPS) is 12.4. The first kappa shape index (κ1) is 16.3. The standard InChI is InChI=1S/C19H24BrN/c1-5-10-21-19(16-8-6-13(2)11-15(16)4)17-12-14(3)7-9-18(17)20/h6-9,11-12,19,21H,5,10H2,1-4H3. The van der Waals surface area contributed by atoms with Gasteiger partial charge >= 0.3 is 0 Å². The van der Waals surface area contributed by atoms with Gasteiger partial charge in [-0.3, -0.25) is 0 Å². The zero-order chi connectivity index (χ0) is 15.4. The lowest BCUT2D eigenvalue weighted by Crippen LogP contribution is -2.24. The second-order valence-electron chi connectivity index (χ2n) is 5.77. The summed E-state index contributed by atoms with van der Waals surface area (Å²) in [5.41, 5.74) is 6.63.